The van der Waals surface area contributed by atoms with Gasteiger partial charge in [-0.15, -0.1) is 0 Å². The minimum atomic E-state index is -3.76. The molecule has 0 unspecified atom stereocenters. The number of ether oxygens (including phenoxy) is 2. The molecule has 1 aliphatic rings. The van der Waals surface area contributed by atoms with Crippen LogP contribution in [0.15, 0.2) is 45.8 Å². The van der Waals surface area contributed by atoms with E-state index >= 15 is 0 Å². The van der Waals surface area contributed by atoms with Gasteiger partial charge in [0.25, 0.3) is 0 Å². The topological polar surface area (TPSA) is 89.5 Å². The molecule has 0 radical (unpaired) electrons. The van der Waals surface area contributed by atoms with Crippen molar-refractivity contribution in [1.29, 1.82) is 0 Å². The van der Waals surface area contributed by atoms with Crippen LogP contribution in [0.5, 0.6) is 0 Å². The lowest BCUT2D eigenvalue weighted by molar-refractivity contribution is -0.0157. The zero-order chi connectivity index (χ0) is 21.0. The van der Waals surface area contributed by atoms with Gasteiger partial charge >= 0.3 is 0 Å². The molecule has 7 nitrogen and oxygen atoms in total. The maximum Gasteiger partial charge on any atom is 0.242 e. The Labute approximate surface area is 184 Å². The number of hydrogen-bond donors (Lipinski definition) is 2. The number of pyridine rings is 1. The first-order valence-corrected chi connectivity index (χ1v) is 11.7. The van der Waals surface area contributed by atoms with Gasteiger partial charge in [0, 0.05) is 24.7 Å². The number of sulfonamides is 1. The molecule has 1 saturated carbocycles. The van der Waals surface area contributed by atoms with Gasteiger partial charge in [0.05, 0.1) is 30.1 Å². The maximum atomic E-state index is 13.1. The maximum absolute atomic E-state index is 13.1. The Hall–Kier alpha value is -1.23. The summed E-state index contributed by atoms with van der Waals surface area (Å²) in [7, 11) is -0.547. The number of anilines is 1. The van der Waals surface area contributed by atoms with Gasteiger partial charge < -0.3 is 14.8 Å². The first-order chi connectivity index (χ1) is 13.8. The molecule has 1 heterocycles. The third-order valence-electron chi connectivity index (χ3n) is 4.84. The van der Waals surface area contributed by atoms with Crippen molar-refractivity contribution < 1.29 is 17.9 Å². The molecule has 0 bridgehead atoms. The van der Waals surface area contributed by atoms with Gasteiger partial charge in [0.1, 0.15) is 10.0 Å². The smallest absolute Gasteiger partial charge is 0.242 e. The summed E-state index contributed by atoms with van der Waals surface area (Å²) in [5, 5.41) is 3.53. The number of aromatic nitrogens is 1. The van der Waals surface area contributed by atoms with Crippen LogP contribution in [0, 0.1) is 0 Å². The number of hydrogen-bond acceptors (Lipinski definition) is 6. The van der Waals surface area contributed by atoms with E-state index in [0.29, 0.717) is 35.9 Å². The van der Waals surface area contributed by atoms with E-state index in [0.717, 1.165) is 4.47 Å². The summed E-state index contributed by atoms with van der Waals surface area (Å²) in [5.41, 5.74) is 1.17. The lowest BCUT2D eigenvalue weighted by Crippen LogP contribution is -2.34. The molecule has 3 rings (SSSR count). The quantitative estimate of drug-likeness (QED) is 0.534. The second-order valence-electron chi connectivity index (χ2n) is 6.78. The number of methoxy groups -OCH3 is 2. The molecule has 0 aliphatic heterocycles. The molecule has 2 atom stereocenters. The Kier molecular flexibility index (Phi) is 7.53. The molecule has 29 heavy (non-hydrogen) atoms. The SMILES string of the molecule is CO[C@@H]1CC(NS(=O)(=O)c2ccc(Br)cc2NCc2cccc(Cl)n2)C[C@H]1OC. The molecule has 2 aromatic rings. The highest BCUT2D eigenvalue weighted by molar-refractivity contribution is 9.10. The summed E-state index contributed by atoms with van der Waals surface area (Å²) in [5.74, 6) is 0. The van der Waals surface area contributed by atoms with Crippen molar-refractivity contribution in [3.05, 3.63) is 51.7 Å². The fourth-order valence-electron chi connectivity index (χ4n) is 3.45. The second-order valence-corrected chi connectivity index (χ2v) is 9.77. The summed E-state index contributed by atoms with van der Waals surface area (Å²) in [6.07, 6.45) is 0.841. The van der Waals surface area contributed by atoms with Gasteiger partial charge in [-0.25, -0.2) is 18.1 Å². The summed E-state index contributed by atoms with van der Waals surface area (Å²) in [6, 6.07) is 10.0. The molecule has 1 aliphatic carbocycles. The first-order valence-electron chi connectivity index (χ1n) is 9.05. The lowest BCUT2D eigenvalue weighted by Gasteiger charge is -2.17. The van der Waals surface area contributed by atoms with E-state index in [-0.39, 0.29) is 23.1 Å². The van der Waals surface area contributed by atoms with E-state index in [1.165, 1.54) is 0 Å². The van der Waals surface area contributed by atoms with Crippen LogP contribution in [0.1, 0.15) is 18.5 Å². The molecule has 0 spiro atoms. The third kappa shape index (κ3) is 5.68. The fourth-order valence-corrected chi connectivity index (χ4v) is 5.41. The van der Waals surface area contributed by atoms with Crippen molar-refractivity contribution in [3.63, 3.8) is 0 Å². The van der Waals surface area contributed by atoms with E-state index in [1.807, 2.05) is 6.07 Å². The Balaban J connectivity index is 1.78. The van der Waals surface area contributed by atoms with Crippen LogP contribution < -0.4 is 10.0 Å². The van der Waals surface area contributed by atoms with Crippen molar-refractivity contribution in [3.8, 4) is 0 Å². The summed E-state index contributed by atoms with van der Waals surface area (Å²) in [6.45, 7) is 0.334. The lowest BCUT2D eigenvalue weighted by atomic mass is 10.3. The van der Waals surface area contributed by atoms with Gasteiger partial charge in [-0.2, -0.15) is 0 Å². The largest absolute Gasteiger partial charge is 0.379 e. The van der Waals surface area contributed by atoms with Crippen molar-refractivity contribution >= 4 is 43.2 Å². The number of nitrogens with one attached hydrogen (secondary N) is 2. The normalized spacial score (nSPS) is 20.1. The van der Waals surface area contributed by atoms with E-state index in [4.69, 9.17) is 21.1 Å². The Morgan fingerprint density at radius 2 is 1.86 bits per heavy atom. The van der Waals surface area contributed by atoms with E-state index in [2.05, 4.69) is 31.0 Å². The molecule has 0 amide bonds. The van der Waals surface area contributed by atoms with E-state index in [9.17, 15) is 8.42 Å². The molecule has 10 heteroatoms. The Morgan fingerprint density at radius 1 is 1.17 bits per heavy atom. The summed E-state index contributed by atoms with van der Waals surface area (Å²) < 4.78 is 40.5. The van der Waals surface area contributed by atoms with Crippen molar-refractivity contribution in [2.24, 2.45) is 0 Å². The van der Waals surface area contributed by atoms with Gasteiger partial charge in [-0.05, 0) is 43.2 Å². The van der Waals surface area contributed by atoms with Crippen molar-refractivity contribution in [2.45, 2.75) is 42.5 Å². The highest BCUT2D eigenvalue weighted by Gasteiger charge is 2.37. The van der Waals surface area contributed by atoms with Crippen molar-refractivity contribution in [2.75, 3.05) is 19.5 Å². The summed E-state index contributed by atoms with van der Waals surface area (Å²) >= 11 is 9.32. The van der Waals surface area contributed by atoms with Crippen LogP contribution in [0.4, 0.5) is 5.69 Å². The first kappa shape index (κ1) is 22.5. The van der Waals surface area contributed by atoms with Gasteiger partial charge in [-0.1, -0.05) is 33.6 Å². The van der Waals surface area contributed by atoms with E-state index in [1.54, 1.807) is 44.6 Å². The molecular formula is C19H23BrClN3O4S. The van der Waals surface area contributed by atoms with Crippen LogP contribution in [0.2, 0.25) is 5.15 Å². The molecule has 2 N–H and O–H groups in total. The molecule has 1 aromatic heterocycles. The average Bonchev–Trinajstić information content (AvgIpc) is 3.07. The Morgan fingerprint density at radius 3 is 2.48 bits per heavy atom. The fraction of sp³-hybridized carbons (Fsp3) is 0.421. The van der Waals surface area contributed by atoms with E-state index < -0.39 is 10.0 Å². The molecular weight excluding hydrogens is 482 g/mol. The van der Waals surface area contributed by atoms with Crippen LogP contribution in [0.25, 0.3) is 0 Å². The molecule has 158 valence electrons. The zero-order valence-electron chi connectivity index (χ0n) is 16.1. The predicted molar refractivity (Wildman–Crippen MR) is 116 cm³/mol. The van der Waals surface area contributed by atoms with Crippen LogP contribution in [-0.2, 0) is 26.0 Å². The van der Waals surface area contributed by atoms with Crippen molar-refractivity contribution in [1.82, 2.24) is 9.71 Å². The zero-order valence-corrected chi connectivity index (χ0v) is 19.2. The van der Waals surface area contributed by atoms with Crippen LogP contribution in [0.3, 0.4) is 0 Å². The number of nitrogens with zero attached hydrogens (tertiary/aromatic N) is 1. The number of halogens is 2. The molecule has 1 aromatic carbocycles. The van der Waals surface area contributed by atoms with Crippen LogP contribution in [-0.4, -0.2) is 45.9 Å². The number of benzene rings is 1. The minimum Gasteiger partial charge on any atom is -0.379 e. The van der Waals surface area contributed by atoms with Gasteiger partial charge in [-0.3, -0.25) is 0 Å². The van der Waals surface area contributed by atoms with Gasteiger partial charge in [0.15, 0.2) is 0 Å². The average molecular weight is 505 g/mol. The highest BCUT2D eigenvalue weighted by atomic mass is 79.9. The standard InChI is InChI=1S/C19H23BrClN3O4S/c1-27-16-9-14(10-17(16)28-2)24-29(25,26)18-7-6-12(20)8-15(18)22-11-13-4-3-5-19(21)23-13/h3-8,14,16-17,22,24H,9-11H2,1-2H3/t16-,17-/m1/s1. The highest BCUT2D eigenvalue weighted by Crippen LogP contribution is 2.29. The number of rotatable bonds is 8. The predicted octanol–water partition coefficient (Wildman–Crippen LogP) is 3.58. The molecule has 0 saturated heterocycles. The Bertz CT molecular complexity index is 948. The second kappa shape index (κ2) is 9.72. The van der Waals surface area contributed by atoms with Gasteiger partial charge in [0.2, 0.25) is 10.0 Å². The van der Waals surface area contributed by atoms with Crippen LogP contribution >= 0.6 is 27.5 Å². The monoisotopic (exact) mass is 503 g/mol. The minimum absolute atomic E-state index is 0.135. The summed E-state index contributed by atoms with van der Waals surface area (Å²) in [4.78, 5) is 4.38. The molecule has 1 fully saturated rings. The third-order valence-corrected chi connectivity index (χ3v) is 7.12.